The first-order valence-corrected chi connectivity index (χ1v) is 8.98. The minimum atomic E-state index is -3.55. The Hall–Kier alpha value is -1.65. The highest BCUT2D eigenvalue weighted by Crippen LogP contribution is 2.25. The average molecular weight is 317 g/mol. The summed E-state index contributed by atoms with van der Waals surface area (Å²) in [5, 5.41) is 0. The van der Waals surface area contributed by atoms with Gasteiger partial charge in [0.25, 0.3) is 0 Å². The van der Waals surface area contributed by atoms with Crippen LogP contribution in [-0.2, 0) is 10.0 Å². The van der Waals surface area contributed by atoms with E-state index in [9.17, 15) is 8.42 Å². The van der Waals surface area contributed by atoms with Crippen molar-refractivity contribution < 1.29 is 8.42 Å². The first-order valence-electron chi connectivity index (χ1n) is 7.50. The predicted octanol–water partition coefficient (Wildman–Crippen LogP) is 4.04. The van der Waals surface area contributed by atoms with Gasteiger partial charge < -0.3 is 0 Å². The highest BCUT2D eigenvalue weighted by Gasteiger charge is 2.23. The SMILES string of the molecule is CC[C@@H](NS(=O)(=O)c1c(C)cc(C)cc1C)c1ccccc1. The van der Waals surface area contributed by atoms with E-state index in [1.807, 2.05) is 70.2 Å². The van der Waals surface area contributed by atoms with Gasteiger partial charge in [0, 0.05) is 6.04 Å². The number of sulfonamides is 1. The van der Waals surface area contributed by atoms with E-state index in [0.717, 1.165) is 22.3 Å². The molecule has 0 spiro atoms. The lowest BCUT2D eigenvalue weighted by Crippen LogP contribution is -2.29. The maximum Gasteiger partial charge on any atom is 0.241 e. The van der Waals surface area contributed by atoms with Crippen molar-refractivity contribution in [1.82, 2.24) is 4.72 Å². The van der Waals surface area contributed by atoms with Crippen LogP contribution in [0.15, 0.2) is 47.4 Å². The molecule has 0 unspecified atom stereocenters. The van der Waals surface area contributed by atoms with E-state index in [-0.39, 0.29) is 6.04 Å². The van der Waals surface area contributed by atoms with Crippen LogP contribution in [0.1, 0.15) is 41.6 Å². The van der Waals surface area contributed by atoms with Crippen LogP contribution in [0.25, 0.3) is 0 Å². The molecule has 1 atom stereocenters. The molecule has 4 heteroatoms. The number of nitrogens with one attached hydrogen (secondary N) is 1. The van der Waals surface area contributed by atoms with E-state index in [0.29, 0.717) is 11.3 Å². The summed E-state index contributed by atoms with van der Waals surface area (Å²) in [6.07, 6.45) is 0.702. The predicted molar refractivity (Wildman–Crippen MR) is 90.4 cm³/mol. The molecule has 0 heterocycles. The van der Waals surface area contributed by atoms with Gasteiger partial charge in [-0.2, -0.15) is 0 Å². The van der Waals surface area contributed by atoms with E-state index in [4.69, 9.17) is 0 Å². The minimum Gasteiger partial charge on any atom is -0.207 e. The molecule has 2 aromatic carbocycles. The molecule has 118 valence electrons. The van der Waals surface area contributed by atoms with Crippen molar-refractivity contribution >= 4 is 10.0 Å². The second kappa shape index (κ2) is 6.63. The van der Waals surface area contributed by atoms with Gasteiger partial charge in [0.1, 0.15) is 0 Å². The zero-order valence-electron chi connectivity index (χ0n) is 13.6. The zero-order valence-corrected chi connectivity index (χ0v) is 14.4. The van der Waals surface area contributed by atoms with Crippen LogP contribution >= 0.6 is 0 Å². The summed E-state index contributed by atoms with van der Waals surface area (Å²) in [5.41, 5.74) is 3.63. The van der Waals surface area contributed by atoms with Gasteiger partial charge in [-0.3, -0.25) is 0 Å². The van der Waals surface area contributed by atoms with Gasteiger partial charge in [0.2, 0.25) is 10.0 Å². The third kappa shape index (κ3) is 3.57. The van der Waals surface area contributed by atoms with Crippen LogP contribution in [0.3, 0.4) is 0 Å². The fraction of sp³-hybridized carbons (Fsp3) is 0.333. The molecule has 0 aliphatic rings. The van der Waals surface area contributed by atoms with Crippen LogP contribution in [-0.4, -0.2) is 8.42 Å². The minimum absolute atomic E-state index is 0.216. The van der Waals surface area contributed by atoms with Crippen LogP contribution < -0.4 is 4.72 Å². The third-order valence-electron chi connectivity index (χ3n) is 3.78. The van der Waals surface area contributed by atoms with Crippen molar-refractivity contribution in [1.29, 1.82) is 0 Å². The molecular formula is C18H23NO2S. The normalized spacial score (nSPS) is 13.1. The van der Waals surface area contributed by atoms with E-state index in [2.05, 4.69) is 4.72 Å². The lowest BCUT2D eigenvalue weighted by atomic mass is 10.1. The van der Waals surface area contributed by atoms with Crippen LogP contribution in [0.4, 0.5) is 0 Å². The summed E-state index contributed by atoms with van der Waals surface area (Å²) in [4.78, 5) is 0.396. The van der Waals surface area contributed by atoms with Gasteiger partial charge in [0.15, 0.2) is 0 Å². The quantitative estimate of drug-likeness (QED) is 0.904. The Kier molecular flexibility index (Phi) is 5.04. The van der Waals surface area contributed by atoms with Crippen molar-refractivity contribution in [2.75, 3.05) is 0 Å². The molecule has 2 aromatic rings. The topological polar surface area (TPSA) is 46.2 Å². The Morgan fingerprint density at radius 3 is 2.05 bits per heavy atom. The molecule has 22 heavy (non-hydrogen) atoms. The molecule has 0 aliphatic carbocycles. The van der Waals surface area contributed by atoms with Crippen molar-refractivity contribution in [3.8, 4) is 0 Å². The fourth-order valence-electron chi connectivity index (χ4n) is 2.91. The standard InChI is InChI=1S/C18H23NO2S/c1-5-17(16-9-7-6-8-10-16)19-22(20,21)18-14(3)11-13(2)12-15(18)4/h6-12,17,19H,5H2,1-4H3/t17-/m1/s1. The Balaban J connectivity index is 2.39. The molecule has 0 saturated carbocycles. The lowest BCUT2D eigenvalue weighted by Gasteiger charge is -2.20. The summed E-state index contributed by atoms with van der Waals surface area (Å²) < 4.78 is 28.5. The van der Waals surface area contributed by atoms with Crippen LogP contribution in [0, 0.1) is 20.8 Å². The van der Waals surface area contributed by atoms with Crippen LogP contribution in [0.2, 0.25) is 0 Å². The molecule has 0 saturated heterocycles. The van der Waals surface area contributed by atoms with Gasteiger partial charge in [-0.05, 0) is 43.9 Å². The van der Waals surface area contributed by atoms with Crippen molar-refractivity contribution in [3.63, 3.8) is 0 Å². The number of rotatable bonds is 5. The van der Waals surface area contributed by atoms with Crippen molar-refractivity contribution in [3.05, 3.63) is 64.7 Å². The molecule has 0 aromatic heterocycles. The third-order valence-corrected chi connectivity index (χ3v) is 5.56. The first kappa shape index (κ1) is 16.7. The second-order valence-electron chi connectivity index (χ2n) is 5.72. The molecule has 1 N–H and O–H groups in total. The Bertz CT molecular complexity index is 729. The molecule has 0 aliphatic heterocycles. The highest BCUT2D eigenvalue weighted by atomic mass is 32.2. The zero-order chi connectivity index (χ0) is 16.3. The summed E-state index contributed by atoms with van der Waals surface area (Å²) in [6, 6.07) is 13.3. The molecule has 0 bridgehead atoms. The van der Waals surface area contributed by atoms with Gasteiger partial charge in [-0.25, -0.2) is 13.1 Å². The molecule has 2 rings (SSSR count). The highest BCUT2D eigenvalue weighted by molar-refractivity contribution is 7.89. The molecule has 0 amide bonds. The van der Waals surface area contributed by atoms with E-state index in [1.54, 1.807) is 0 Å². The Morgan fingerprint density at radius 1 is 1.00 bits per heavy atom. The van der Waals surface area contributed by atoms with Crippen molar-refractivity contribution in [2.24, 2.45) is 0 Å². The molecule has 3 nitrogen and oxygen atoms in total. The lowest BCUT2D eigenvalue weighted by molar-refractivity contribution is 0.549. The van der Waals surface area contributed by atoms with E-state index in [1.165, 1.54) is 0 Å². The summed E-state index contributed by atoms with van der Waals surface area (Å²) in [5.74, 6) is 0. The van der Waals surface area contributed by atoms with Gasteiger partial charge in [-0.15, -0.1) is 0 Å². The van der Waals surface area contributed by atoms with Gasteiger partial charge in [-0.1, -0.05) is 55.0 Å². The van der Waals surface area contributed by atoms with E-state index < -0.39 is 10.0 Å². The largest absolute Gasteiger partial charge is 0.241 e. The number of hydrogen-bond acceptors (Lipinski definition) is 2. The fourth-order valence-corrected chi connectivity index (χ4v) is 4.67. The Labute approximate surface area is 133 Å². The van der Waals surface area contributed by atoms with Crippen molar-refractivity contribution in [2.45, 2.75) is 45.1 Å². The molecular weight excluding hydrogens is 294 g/mol. The van der Waals surface area contributed by atoms with Crippen LogP contribution in [0.5, 0.6) is 0 Å². The smallest absolute Gasteiger partial charge is 0.207 e. The number of hydrogen-bond donors (Lipinski definition) is 1. The van der Waals surface area contributed by atoms with Gasteiger partial charge >= 0.3 is 0 Å². The second-order valence-corrected chi connectivity index (χ2v) is 7.37. The monoisotopic (exact) mass is 317 g/mol. The first-order chi connectivity index (χ1) is 10.3. The summed E-state index contributed by atoms with van der Waals surface area (Å²) in [6.45, 7) is 7.65. The molecule has 0 fully saturated rings. The summed E-state index contributed by atoms with van der Waals surface area (Å²) >= 11 is 0. The number of benzene rings is 2. The maximum absolute atomic E-state index is 12.8. The van der Waals surface area contributed by atoms with E-state index >= 15 is 0 Å². The Morgan fingerprint density at radius 2 is 1.55 bits per heavy atom. The van der Waals surface area contributed by atoms with Gasteiger partial charge in [0.05, 0.1) is 4.90 Å². The summed E-state index contributed by atoms with van der Waals surface area (Å²) in [7, 11) is -3.55. The number of aryl methyl sites for hydroxylation is 3. The average Bonchev–Trinajstić information content (AvgIpc) is 2.44. The molecule has 0 radical (unpaired) electrons. The maximum atomic E-state index is 12.8.